The summed E-state index contributed by atoms with van der Waals surface area (Å²) in [6, 6.07) is 12.5. The minimum absolute atomic E-state index is 0.0545. The van der Waals surface area contributed by atoms with E-state index in [1.807, 2.05) is 12.1 Å². The predicted molar refractivity (Wildman–Crippen MR) is 107 cm³/mol. The molecular formula is C21H25N3O4. The Bertz CT molecular complexity index is 843. The van der Waals surface area contributed by atoms with Gasteiger partial charge < -0.3 is 25.0 Å². The minimum Gasteiger partial charge on any atom is -0.497 e. The normalized spacial score (nSPS) is 13.9. The second-order valence-electron chi connectivity index (χ2n) is 6.66. The van der Waals surface area contributed by atoms with Crippen LogP contribution in [0.1, 0.15) is 15.9 Å². The quantitative estimate of drug-likeness (QED) is 0.796. The minimum atomic E-state index is -0.106. The van der Waals surface area contributed by atoms with Crippen molar-refractivity contribution in [3.63, 3.8) is 0 Å². The highest BCUT2D eigenvalue weighted by atomic mass is 16.5. The van der Waals surface area contributed by atoms with Crippen LogP contribution in [0.4, 0.5) is 5.69 Å². The molecule has 0 unspecified atom stereocenters. The van der Waals surface area contributed by atoms with Crippen molar-refractivity contribution in [3.8, 4) is 11.5 Å². The molecule has 2 amide bonds. The lowest BCUT2D eigenvalue weighted by Crippen LogP contribution is -2.51. The molecule has 1 saturated heterocycles. The fourth-order valence-corrected chi connectivity index (χ4v) is 3.23. The molecular weight excluding hydrogens is 358 g/mol. The molecule has 1 fully saturated rings. The van der Waals surface area contributed by atoms with E-state index >= 15 is 0 Å². The zero-order valence-corrected chi connectivity index (χ0v) is 16.2. The molecule has 0 spiro atoms. The highest BCUT2D eigenvalue weighted by molar-refractivity contribution is 5.97. The van der Waals surface area contributed by atoms with E-state index in [1.165, 1.54) is 7.11 Å². The summed E-state index contributed by atoms with van der Waals surface area (Å²) in [6.07, 6.45) is 0.334. The Labute approximate surface area is 164 Å². The summed E-state index contributed by atoms with van der Waals surface area (Å²) < 4.78 is 10.5. The standard InChI is InChI=1S/C21H25N3O4/c1-27-17-7-8-18(19(14-17)28-2)21(26)24-11-9-23(10-12-24)20(25)13-15-3-5-16(22)6-4-15/h3-8,14H,9-13,22H2,1-2H3. The molecule has 148 valence electrons. The second-order valence-corrected chi connectivity index (χ2v) is 6.66. The molecule has 28 heavy (non-hydrogen) atoms. The lowest BCUT2D eigenvalue weighted by molar-refractivity contribution is -0.131. The van der Waals surface area contributed by atoms with Crippen molar-refractivity contribution in [1.29, 1.82) is 0 Å². The highest BCUT2D eigenvalue weighted by Gasteiger charge is 2.26. The second kappa shape index (κ2) is 8.65. The number of methoxy groups -OCH3 is 2. The lowest BCUT2D eigenvalue weighted by Gasteiger charge is -2.35. The van der Waals surface area contributed by atoms with Gasteiger partial charge in [-0.25, -0.2) is 0 Å². The number of ether oxygens (including phenoxy) is 2. The maximum Gasteiger partial charge on any atom is 0.257 e. The molecule has 0 atom stereocenters. The van der Waals surface area contributed by atoms with Gasteiger partial charge in [0.15, 0.2) is 0 Å². The van der Waals surface area contributed by atoms with Crippen molar-refractivity contribution in [1.82, 2.24) is 9.80 Å². The van der Waals surface area contributed by atoms with Crippen LogP contribution < -0.4 is 15.2 Å². The Kier molecular flexibility index (Phi) is 6.03. The van der Waals surface area contributed by atoms with Crippen LogP contribution in [0.5, 0.6) is 11.5 Å². The van der Waals surface area contributed by atoms with Crippen LogP contribution in [-0.4, -0.2) is 62.0 Å². The molecule has 0 aliphatic carbocycles. The van der Waals surface area contributed by atoms with Crippen molar-refractivity contribution in [3.05, 3.63) is 53.6 Å². The van der Waals surface area contributed by atoms with Gasteiger partial charge in [-0.05, 0) is 29.8 Å². The molecule has 0 bridgehead atoms. The van der Waals surface area contributed by atoms with Crippen molar-refractivity contribution >= 4 is 17.5 Å². The summed E-state index contributed by atoms with van der Waals surface area (Å²) in [4.78, 5) is 28.9. The van der Waals surface area contributed by atoms with Crippen LogP contribution in [0.2, 0.25) is 0 Å². The molecule has 2 aromatic rings. The smallest absolute Gasteiger partial charge is 0.257 e. The van der Waals surface area contributed by atoms with E-state index in [1.54, 1.807) is 47.2 Å². The number of carbonyl (C=O) groups is 2. The number of piperazine rings is 1. The Morgan fingerprint density at radius 3 is 2.18 bits per heavy atom. The van der Waals surface area contributed by atoms with Crippen LogP contribution in [0, 0.1) is 0 Å². The Morgan fingerprint density at radius 1 is 0.929 bits per heavy atom. The molecule has 1 aliphatic heterocycles. The monoisotopic (exact) mass is 383 g/mol. The van der Waals surface area contributed by atoms with Gasteiger partial charge in [0.1, 0.15) is 11.5 Å². The van der Waals surface area contributed by atoms with E-state index in [-0.39, 0.29) is 11.8 Å². The fraction of sp³-hybridized carbons (Fsp3) is 0.333. The number of nitrogens with two attached hydrogens (primary N) is 1. The van der Waals surface area contributed by atoms with Gasteiger partial charge >= 0.3 is 0 Å². The van der Waals surface area contributed by atoms with Crippen molar-refractivity contribution in [2.45, 2.75) is 6.42 Å². The molecule has 7 nitrogen and oxygen atoms in total. The number of hydrogen-bond donors (Lipinski definition) is 1. The van der Waals surface area contributed by atoms with Crippen LogP contribution in [0.15, 0.2) is 42.5 Å². The van der Waals surface area contributed by atoms with Crippen molar-refractivity contribution in [2.75, 3.05) is 46.1 Å². The van der Waals surface area contributed by atoms with Crippen LogP contribution >= 0.6 is 0 Å². The van der Waals surface area contributed by atoms with Crippen molar-refractivity contribution < 1.29 is 19.1 Å². The van der Waals surface area contributed by atoms with Crippen LogP contribution in [0.25, 0.3) is 0 Å². The molecule has 7 heteroatoms. The number of rotatable bonds is 5. The summed E-state index contributed by atoms with van der Waals surface area (Å²) in [6.45, 7) is 2.00. The van der Waals surface area contributed by atoms with Gasteiger partial charge in [-0.3, -0.25) is 9.59 Å². The summed E-state index contributed by atoms with van der Waals surface area (Å²) in [5.41, 5.74) is 7.78. The first-order chi connectivity index (χ1) is 13.5. The zero-order valence-electron chi connectivity index (χ0n) is 16.2. The fourth-order valence-electron chi connectivity index (χ4n) is 3.23. The third kappa shape index (κ3) is 4.36. The molecule has 1 heterocycles. The zero-order chi connectivity index (χ0) is 20.1. The largest absolute Gasteiger partial charge is 0.497 e. The van der Waals surface area contributed by atoms with Gasteiger partial charge in [-0.15, -0.1) is 0 Å². The van der Waals surface area contributed by atoms with E-state index in [9.17, 15) is 9.59 Å². The van der Waals surface area contributed by atoms with Crippen LogP contribution in [-0.2, 0) is 11.2 Å². The van der Waals surface area contributed by atoms with Gasteiger partial charge in [0.25, 0.3) is 5.91 Å². The number of hydrogen-bond acceptors (Lipinski definition) is 5. The summed E-state index contributed by atoms with van der Waals surface area (Å²) in [5, 5.41) is 0. The maximum atomic E-state index is 12.9. The first-order valence-corrected chi connectivity index (χ1v) is 9.15. The van der Waals surface area contributed by atoms with E-state index in [0.717, 1.165) is 5.56 Å². The van der Waals surface area contributed by atoms with Crippen molar-refractivity contribution in [2.24, 2.45) is 0 Å². The summed E-state index contributed by atoms with van der Waals surface area (Å²) >= 11 is 0. The molecule has 0 aromatic heterocycles. The number of nitrogen functional groups attached to an aromatic ring is 1. The first-order valence-electron chi connectivity index (χ1n) is 9.15. The van der Waals surface area contributed by atoms with Gasteiger partial charge in [0.05, 0.1) is 26.2 Å². The molecule has 2 aromatic carbocycles. The third-order valence-corrected chi connectivity index (χ3v) is 4.89. The predicted octanol–water partition coefficient (Wildman–Crippen LogP) is 1.81. The SMILES string of the molecule is COc1ccc(C(=O)N2CCN(C(=O)Cc3ccc(N)cc3)CC2)c(OC)c1. The topological polar surface area (TPSA) is 85.1 Å². The summed E-state index contributed by atoms with van der Waals surface area (Å²) in [7, 11) is 3.09. The average molecular weight is 383 g/mol. The van der Waals surface area contributed by atoms with E-state index < -0.39 is 0 Å². The lowest BCUT2D eigenvalue weighted by atomic mass is 10.1. The molecule has 0 saturated carbocycles. The van der Waals surface area contributed by atoms with Gasteiger partial charge in [0, 0.05) is 37.9 Å². The number of anilines is 1. The van der Waals surface area contributed by atoms with Crippen LogP contribution in [0.3, 0.4) is 0 Å². The Morgan fingerprint density at radius 2 is 1.57 bits per heavy atom. The van der Waals surface area contributed by atoms with Gasteiger partial charge in [-0.1, -0.05) is 12.1 Å². The number of carbonyl (C=O) groups excluding carboxylic acids is 2. The number of nitrogens with zero attached hydrogens (tertiary/aromatic N) is 2. The van der Waals surface area contributed by atoms with E-state index in [0.29, 0.717) is 55.3 Å². The highest BCUT2D eigenvalue weighted by Crippen LogP contribution is 2.26. The maximum absolute atomic E-state index is 12.9. The molecule has 1 aliphatic rings. The van der Waals surface area contributed by atoms with E-state index in [2.05, 4.69) is 0 Å². The van der Waals surface area contributed by atoms with E-state index in [4.69, 9.17) is 15.2 Å². The number of amides is 2. The average Bonchev–Trinajstić information content (AvgIpc) is 2.74. The Balaban J connectivity index is 1.59. The molecule has 2 N–H and O–H groups in total. The summed E-state index contributed by atoms with van der Waals surface area (Å²) in [5.74, 6) is 1.06. The third-order valence-electron chi connectivity index (χ3n) is 4.89. The van der Waals surface area contributed by atoms with Gasteiger partial charge in [0.2, 0.25) is 5.91 Å². The molecule has 0 radical (unpaired) electrons. The Hall–Kier alpha value is -3.22. The first kappa shape index (κ1) is 19.5. The van der Waals surface area contributed by atoms with Gasteiger partial charge in [-0.2, -0.15) is 0 Å². The number of benzene rings is 2. The molecule has 3 rings (SSSR count).